The predicted octanol–water partition coefficient (Wildman–Crippen LogP) is 1.73. The number of anilines is 1. The molecule has 1 aromatic heterocycles. The molecular formula is C18H23ClN4O2. The van der Waals surface area contributed by atoms with E-state index in [4.69, 9.17) is 10.5 Å². The fourth-order valence-corrected chi connectivity index (χ4v) is 2.61. The third-order valence-corrected chi connectivity index (χ3v) is 4.05. The summed E-state index contributed by atoms with van der Waals surface area (Å²) in [6.07, 6.45) is 1.78. The third kappa shape index (κ3) is 5.16. The Morgan fingerprint density at radius 1 is 1.16 bits per heavy atom. The van der Waals surface area contributed by atoms with E-state index in [9.17, 15) is 4.79 Å². The molecule has 0 saturated carbocycles. The van der Waals surface area contributed by atoms with Gasteiger partial charge in [0.05, 0.1) is 13.2 Å². The number of nitrogens with one attached hydrogen (secondary N) is 1. The smallest absolute Gasteiger partial charge is 0.251 e. The molecule has 6 nitrogen and oxygen atoms in total. The average molecular weight is 363 g/mol. The van der Waals surface area contributed by atoms with Crippen LogP contribution in [-0.2, 0) is 17.8 Å². The summed E-state index contributed by atoms with van der Waals surface area (Å²) < 4.78 is 5.36. The average Bonchev–Trinajstić information content (AvgIpc) is 2.67. The number of aromatic nitrogens is 1. The quantitative estimate of drug-likeness (QED) is 0.846. The molecule has 3 rings (SSSR count). The number of nitrogens with zero attached hydrogens (tertiary/aromatic N) is 2. The third-order valence-electron chi connectivity index (χ3n) is 4.05. The zero-order valence-corrected chi connectivity index (χ0v) is 14.8. The molecule has 1 aliphatic rings. The number of hydrogen-bond acceptors (Lipinski definition) is 5. The van der Waals surface area contributed by atoms with Gasteiger partial charge in [0.2, 0.25) is 0 Å². The lowest BCUT2D eigenvalue weighted by Gasteiger charge is -2.28. The first-order chi connectivity index (χ1) is 11.8. The van der Waals surface area contributed by atoms with Gasteiger partial charge >= 0.3 is 0 Å². The van der Waals surface area contributed by atoms with E-state index in [1.807, 2.05) is 24.3 Å². The van der Waals surface area contributed by atoms with Crippen LogP contribution in [0.3, 0.4) is 0 Å². The van der Waals surface area contributed by atoms with Crippen molar-refractivity contribution in [2.45, 2.75) is 13.1 Å². The highest BCUT2D eigenvalue weighted by Gasteiger charge is 2.13. The predicted molar refractivity (Wildman–Crippen MR) is 100 cm³/mol. The number of hydrogen-bond donors (Lipinski definition) is 2. The van der Waals surface area contributed by atoms with E-state index in [1.54, 1.807) is 18.3 Å². The monoisotopic (exact) mass is 362 g/mol. The van der Waals surface area contributed by atoms with Crippen molar-refractivity contribution in [3.63, 3.8) is 0 Å². The van der Waals surface area contributed by atoms with Crippen molar-refractivity contribution in [3.05, 3.63) is 59.3 Å². The topological polar surface area (TPSA) is 80.5 Å². The number of nitrogens with two attached hydrogens (primary N) is 1. The largest absolute Gasteiger partial charge is 0.378 e. The Morgan fingerprint density at radius 3 is 2.56 bits per heavy atom. The first kappa shape index (κ1) is 19.2. The molecule has 3 N–H and O–H groups in total. The minimum Gasteiger partial charge on any atom is -0.378 e. The van der Waals surface area contributed by atoms with Crippen molar-refractivity contribution in [2.24, 2.45) is 5.73 Å². The van der Waals surface area contributed by atoms with Gasteiger partial charge in [0.1, 0.15) is 5.82 Å². The number of carbonyl (C=O) groups excluding carboxylic acids is 1. The van der Waals surface area contributed by atoms with E-state index >= 15 is 0 Å². The summed E-state index contributed by atoms with van der Waals surface area (Å²) in [7, 11) is 0. The number of amides is 1. The van der Waals surface area contributed by atoms with E-state index in [2.05, 4.69) is 15.2 Å². The van der Waals surface area contributed by atoms with E-state index in [-0.39, 0.29) is 18.3 Å². The molecular weight excluding hydrogens is 340 g/mol. The second kappa shape index (κ2) is 9.36. The lowest BCUT2D eigenvalue weighted by molar-refractivity contribution is 0.0951. The minimum absolute atomic E-state index is 0. The zero-order valence-electron chi connectivity index (χ0n) is 14.0. The van der Waals surface area contributed by atoms with Crippen molar-refractivity contribution in [1.29, 1.82) is 0 Å². The van der Waals surface area contributed by atoms with Crippen LogP contribution in [0.15, 0.2) is 42.6 Å². The molecule has 1 saturated heterocycles. The van der Waals surface area contributed by atoms with Crippen LogP contribution in [0.1, 0.15) is 21.5 Å². The Morgan fingerprint density at radius 2 is 1.88 bits per heavy atom. The number of carbonyl (C=O) groups is 1. The SMILES string of the molecule is Cl.NCc1ccc(C(=O)NCc2ccnc(N3CCOCC3)c2)cc1. The molecule has 1 fully saturated rings. The van der Waals surface area contributed by atoms with Crippen molar-refractivity contribution < 1.29 is 9.53 Å². The summed E-state index contributed by atoms with van der Waals surface area (Å²) in [4.78, 5) is 18.8. The van der Waals surface area contributed by atoms with Gasteiger partial charge in [-0.15, -0.1) is 12.4 Å². The van der Waals surface area contributed by atoms with Crippen molar-refractivity contribution in [3.8, 4) is 0 Å². The van der Waals surface area contributed by atoms with Crippen LogP contribution in [0.5, 0.6) is 0 Å². The molecule has 0 aliphatic carbocycles. The maximum absolute atomic E-state index is 12.2. The Bertz CT molecular complexity index is 688. The van der Waals surface area contributed by atoms with Gasteiger partial charge in [-0.05, 0) is 35.4 Å². The molecule has 7 heteroatoms. The highest BCUT2D eigenvalue weighted by Crippen LogP contribution is 2.14. The van der Waals surface area contributed by atoms with Crippen molar-refractivity contribution in [2.75, 3.05) is 31.2 Å². The molecule has 0 bridgehead atoms. The molecule has 0 unspecified atom stereocenters. The molecule has 134 valence electrons. The van der Waals surface area contributed by atoms with Gasteiger partial charge in [-0.2, -0.15) is 0 Å². The highest BCUT2D eigenvalue weighted by atomic mass is 35.5. The number of ether oxygens (including phenoxy) is 1. The normalized spacial score (nSPS) is 13.9. The Kier molecular flexibility index (Phi) is 7.18. The van der Waals surface area contributed by atoms with Crippen LogP contribution in [0.4, 0.5) is 5.82 Å². The Balaban J connectivity index is 0.00000225. The van der Waals surface area contributed by atoms with E-state index < -0.39 is 0 Å². The fourth-order valence-electron chi connectivity index (χ4n) is 2.61. The van der Waals surface area contributed by atoms with Gasteiger partial charge in [-0.1, -0.05) is 12.1 Å². The van der Waals surface area contributed by atoms with Gasteiger partial charge in [0.15, 0.2) is 0 Å². The molecule has 25 heavy (non-hydrogen) atoms. The van der Waals surface area contributed by atoms with Gasteiger partial charge in [-0.25, -0.2) is 4.98 Å². The molecule has 0 atom stereocenters. The molecule has 0 spiro atoms. The van der Waals surface area contributed by atoms with Gasteiger partial charge in [0, 0.05) is 37.9 Å². The van der Waals surface area contributed by atoms with Crippen LogP contribution in [-0.4, -0.2) is 37.2 Å². The molecule has 2 heterocycles. The second-order valence-electron chi connectivity index (χ2n) is 5.71. The zero-order chi connectivity index (χ0) is 16.8. The summed E-state index contributed by atoms with van der Waals surface area (Å²) in [6, 6.07) is 11.3. The number of morpholine rings is 1. The summed E-state index contributed by atoms with van der Waals surface area (Å²) in [5, 5.41) is 2.94. The lowest BCUT2D eigenvalue weighted by atomic mass is 10.1. The Labute approximate surface area is 153 Å². The van der Waals surface area contributed by atoms with Crippen LogP contribution in [0.25, 0.3) is 0 Å². The van der Waals surface area contributed by atoms with Crippen LogP contribution >= 0.6 is 12.4 Å². The molecule has 1 amide bonds. The Hall–Kier alpha value is -2.15. The number of rotatable bonds is 5. The van der Waals surface area contributed by atoms with Crippen molar-refractivity contribution in [1.82, 2.24) is 10.3 Å². The second-order valence-corrected chi connectivity index (χ2v) is 5.71. The highest BCUT2D eigenvalue weighted by molar-refractivity contribution is 5.94. The van der Waals surface area contributed by atoms with Crippen LogP contribution in [0.2, 0.25) is 0 Å². The van der Waals surface area contributed by atoms with Crippen LogP contribution in [0, 0.1) is 0 Å². The summed E-state index contributed by atoms with van der Waals surface area (Å²) in [5.74, 6) is 0.834. The molecule has 2 aromatic rings. The van der Waals surface area contributed by atoms with E-state index in [0.717, 1.165) is 43.2 Å². The summed E-state index contributed by atoms with van der Waals surface area (Å²) in [6.45, 7) is 4.08. The first-order valence-electron chi connectivity index (χ1n) is 8.11. The van der Waals surface area contributed by atoms with Gasteiger partial charge in [0.25, 0.3) is 5.91 Å². The van der Waals surface area contributed by atoms with Crippen LogP contribution < -0.4 is 16.0 Å². The minimum atomic E-state index is -0.0942. The van der Waals surface area contributed by atoms with E-state index in [0.29, 0.717) is 18.7 Å². The first-order valence-corrected chi connectivity index (χ1v) is 8.11. The number of halogens is 1. The number of pyridine rings is 1. The number of benzene rings is 1. The molecule has 1 aliphatic heterocycles. The van der Waals surface area contributed by atoms with Gasteiger partial charge in [-0.3, -0.25) is 4.79 Å². The molecule has 0 radical (unpaired) electrons. The van der Waals surface area contributed by atoms with Crippen molar-refractivity contribution >= 4 is 24.1 Å². The maximum atomic E-state index is 12.2. The summed E-state index contributed by atoms with van der Waals surface area (Å²) >= 11 is 0. The fraction of sp³-hybridized carbons (Fsp3) is 0.333. The molecule has 1 aromatic carbocycles. The lowest BCUT2D eigenvalue weighted by Crippen LogP contribution is -2.36. The van der Waals surface area contributed by atoms with E-state index in [1.165, 1.54) is 0 Å². The maximum Gasteiger partial charge on any atom is 0.251 e. The van der Waals surface area contributed by atoms with Gasteiger partial charge < -0.3 is 20.7 Å². The summed E-state index contributed by atoms with van der Waals surface area (Å²) in [5.41, 5.74) is 8.24. The standard InChI is InChI=1S/C18H22N4O2.ClH/c19-12-14-1-3-16(4-2-14)18(23)21-13-15-5-6-20-17(11-15)22-7-9-24-10-8-22;/h1-6,11H,7-10,12-13,19H2,(H,21,23);1H.